The molecule has 5 rings (SSSR count). The first kappa shape index (κ1) is 16.9. The van der Waals surface area contributed by atoms with Crippen LogP contribution in [-0.4, -0.2) is 21.2 Å². The Hall–Kier alpha value is -3.28. The van der Waals surface area contributed by atoms with E-state index in [2.05, 4.69) is 13.8 Å². The minimum atomic E-state index is -1.20. The molecule has 1 N–H and O–H groups in total. The molecule has 4 heterocycles. The van der Waals surface area contributed by atoms with E-state index in [0.717, 1.165) is 41.0 Å². The summed E-state index contributed by atoms with van der Waals surface area (Å²) in [5.41, 5.74) is 4.90. The Bertz CT molecular complexity index is 1180. The molecule has 0 fully saturated rings. The number of carboxylic acids is 1. The Balaban J connectivity index is 1.80. The van der Waals surface area contributed by atoms with Crippen LogP contribution in [0.5, 0.6) is 5.75 Å². The van der Waals surface area contributed by atoms with Gasteiger partial charge in [-0.3, -0.25) is 4.79 Å². The average Bonchev–Trinajstić information content (AvgIpc) is 3.26. The Labute approximate surface area is 161 Å². The fourth-order valence-electron chi connectivity index (χ4n) is 4.33. The van der Waals surface area contributed by atoms with Crippen molar-refractivity contribution >= 4 is 5.97 Å². The van der Waals surface area contributed by atoms with Gasteiger partial charge in [0.2, 0.25) is 0 Å². The second kappa shape index (κ2) is 5.61. The quantitative estimate of drug-likeness (QED) is 0.736. The van der Waals surface area contributed by atoms with Crippen LogP contribution in [0.15, 0.2) is 46.1 Å². The number of ether oxygens (including phenoxy) is 1. The van der Waals surface area contributed by atoms with Crippen molar-refractivity contribution in [2.24, 2.45) is 0 Å². The third-order valence-electron chi connectivity index (χ3n) is 5.55. The van der Waals surface area contributed by atoms with E-state index in [-0.39, 0.29) is 11.2 Å². The highest BCUT2D eigenvalue weighted by atomic mass is 16.5. The van der Waals surface area contributed by atoms with Gasteiger partial charge < -0.3 is 18.8 Å². The van der Waals surface area contributed by atoms with Crippen molar-refractivity contribution in [1.29, 1.82) is 0 Å². The third-order valence-corrected chi connectivity index (χ3v) is 5.55. The first-order chi connectivity index (χ1) is 13.3. The van der Waals surface area contributed by atoms with E-state index < -0.39 is 11.4 Å². The molecule has 0 bridgehead atoms. The Morgan fingerprint density at radius 2 is 2.04 bits per heavy atom. The minimum absolute atomic E-state index is 0.201. The van der Waals surface area contributed by atoms with Crippen LogP contribution in [0.25, 0.3) is 22.4 Å². The molecule has 28 heavy (non-hydrogen) atoms. The molecule has 3 aromatic rings. The number of benzene rings is 1. The van der Waals surface area contributed by atoms with E-state index >= 15 is 0 Å². The molecule has 0 atom stereocenters. The lowest BCUT2D eigenvalue weighted by molar-refractivity contribution is 0.0694. The van der Waals surface area contributed by atoms with Crippen molar-refractivity contribution in [2.75, 3.05) is 0 Å². The fraction of sp³-hybridized carbons (Fsp3) is 0.273. The molecule has 0 aliphatic carbocycles. The van der Waals surface area contributed by atoms with E-state index in [4.69, 9.17) is 9.15 Å². The number of hydrogen-bond acceptors (Lipinski definition) is 4. The number of rotatable bonds is 2. The molecule has 0 saturated carbocycles. The van der Waals surface area contributed by atoms with Gasteiger partial charge in [-0.15, -0.1) is 0 Å². The van der Waals surface area contributed by atoms with Gasteiger partial charge in [0.15, 0.2) is 5.43 Å². The lowest BCUT2D eigenvalue weighted by Crippen LogP contribution is -2.25. The topological polar surface area (TPSA) is 81.7 Å². The molecule has 0 unspecified atom stereocenters. The van der Waals surface area contributed by atoms with Gasteiger partial charge in [0, 0.05) is 47.5 Å². The molecule has 0 radical (unpaired) electrons. The standard InChI is InChI=1S/C22H19NO5/c1-22(2)9-16-13-3-5-23-10-17(21(25)26)19(24)8-18(23)15(13)7-14(20(16)28-22)12-4-6-27-11-12/h4,6-8,10-11H,3,5,9H2,1-2H3,(H,25,26). The number of aryl methyl sites for hydroxylation is 1. The summed E-state index contributed by atoms with van der Waals surface area (Å²) in [6.45, 7) is 4.76. The molecular weight excluding hydrogens is 358 g/mol. The largest absolute Gasteiger partial charge is 0.487 e. The highest BCUT2D eigenvalue weighted by Crippen LogP contribution is 2.48. The maximum atomic E-state index is 12.4. The van der Waals surface area contributed by atoms with E-state index in [0.29, 0.717) is 6.54 Å². The van der Waals surface area contributed by atoms with Crippen LogP contribution < -0.4 is 10.2 Å². The molecule has 6 nitrogen and oxygen atoms in total. The Kier molecular flexibility index (Phi) is 3.38. The lowest BCUT2D eigenvalue weighted by atomic mass is 9.86. The number of carbonyl (C=O) groups is 1. The smallest absolute Gasteiger partial charge is 0.341 e. The predicted octanol–water partition coefficient (Wildman–Crippen LogP) is 3.74. The number of fused-ring (bicyclic) bond motifs is 5. The van der Waals surface area contributed by atoms with Gasteiger partial charge in [-0.25, -0.2) is 4.79 Å². The summed E-state index contributed by atoms with van der Waals surface area (Å²) < 4.78 is 13.4. The number of carboxylic acid groups (broad SMARTS) is 1. The summed E-state index contributed by atoms with van der Waals surface area (Å²) in [4.78, 5) is 23.7. The summed E-state index contributed by atoms with van der Waals surface area (Å²) in [7, 11) is 0. The van der Waals surface area contributed by atoms with Gasteiger partial charge in [0.1, 0.15) is 16.9 Å². The van der Waals surface area contributed by atoms with Crippen LogP contribution in [0, 0.1) is 0 Å². The van der Waals surface area contributed by atoms with Crippen LogP contribution in [0.1, 0.15) is 35.3 Å². The highest BCUT2D eigenvalue weighted by molar-refractivity contribution is 5.88. The molecule has 0 spiro atoms. The maximum absolute atomic E-state index is 12.4. The second-order valence-corrected chi connectivity index (χ2v) is 7.99. The lowest BCUT2D eigenvalue weighted by Gasteiger charge is -2.25. The first-order valence-corrected chi connectivity index (χ1v) is 9.22. The second-order valence-electron chi connectivity index (χ2n) is 7.99. The molecule has 1 aromatic carbocycles. The van der Waals surface area contributed by atoms with Gasteiger partial charge in [-0.05, 0) is 38.0 Å². The van der Waals surface area contributed by atoms with Crippen LogP contribution in [0.2, 0.25) is 0 Å². The van der Waals surface area contributed by atoms with Crippen molar-refractivity contribution in [2.45, 2.75) is 38.8 Å². The summed E-state index contributed by atoms with van der Waals surface area (Å²) >= 11 is 0. The number of pyridine rings is 1. The van der Waals surface area contributed by atoms with Crippen LogP contribution >= 0.6 is 0 Å². The van der Waals surface area contributed by atoms with Gasteiger partial charge in [0.05, 0.1) is 18.2 Å². The summed E-state index contributed by atoms with van der Waals surface area (Å²) in [6, 6.07) is 5.36. The monoisotopic (exact) mass is 377 g/mol. The fourth-order valence-corrected chi connectivity index (χ4v) is 4.33. The Morgan fingerprint density at radius 1 is 1.21 bits per heavy atom. The third kappa shape index (κ3) is 2.41. The summed E-state index contributed by atoms with van der Waals surface area (Å²) in [5.74, 6) is -0.322. The van der Waals surface area contributed by atoms with Gasteiger partial charge in [-0.2, -0.15) is 0 Å². The SMILES string of the molecule is CC1(C)Cc2c3c(cc(-c4ccoc4)c2O1)-c1cc(=O)c(C(=O)O)cn1CC3. The maximum Gasteiger partial charge on any atom is 0.341 e. The predicted molar refractivity (Wildman–Crippen MR) is 103 cm³/mol. The molecule has 6 heteroatoms. The van der Waals surface area contributed by atoms with Gasteiger partial charge >= 0.3 is 5.97 Å². The summed E-state index contributed by atoms with van der Waals surface area (Å²) in [5, 5.41) is 9.28. The number of nitrogens with zero attached hydrogens (tertiary/aromatic N) is 1. The van der Waals surface area contributed by atoms with Gasteiger partial charge in [0.25, 0.3) is 0 Å². The van der Waals surface area contributed by atoms with Crippen molar-refractivity contribution < 1.29 is 19.1 Å². The van der Waals surface area contributed by atoms with Crippen LogP contribution in [-0.2, 0) is 19.4 Å². The molecule has 0 amide bonds. The zero-order chi connectivity index (χ0) is 19.6. The molecular formula is C22H19NO5. The van der Waals surface area contributed by atoms with Crippen LogP contribution in [0.3, 0.4) is 0 Å². The zero-order valence-corrected chi connectivity index (χ0v) is 15.6. The number of furan rings is 1. The normalized spacial score (nSPS) is 16.1. The van der Waals surface area contributed by atoms with Crippen molar-refractivity contribution in [3.8, 4) is 28.1 Å². The van der Waals surface area contributed by atoms with Crippen molar-refractivity contribution in [3.63, 3.8) is 0 Å². The van der Waals surface area contributed by atoms with Gasteiger partial charge in [-0.1, -0.05) is 0 Å². The van der Waals surface area contributed by atoms with E-state index in [1.54, 1.807) is 12.5 Å². The molecule has 0 saturated heterocycles. The molecule has 2 aliphatic rings. The molecule has 2 aliphatic heterocycles. The van der Waals surface area contributed by atoms with E-state index in [1.165, 1.54) is 23.4 Å². The summed E-state index contributed by atoms with van der Waals surface area (Å²) in [6.07, 6.45) is 6.30. The van der Waals surface area contributed by atoms with Crippen LogP contribution in [0.4, 0.5) is 0 Å². The Morgan fingerprint density at radius 3 is 2.75 bits per heavy atom. The number of aromatic carboxylic acids is 1. The molecule has 142 valence electrons. The average molecular weight is 377 g/mol. The molecule has 2 aromatic heterocycles. The number of aromatic nitrogens is 1. The number of hydrogen-bond donors (Lipinski definition) is 1. The highest BCUT2D eigenvalue weighted by Gasteiger charge is 2.36. The van der Waals surface area contributed by atoms with E-state index in [9.17, 15) is 14.7 Å². The van der Waals surface area contributed by atoms with Crippen molar-refractivity contribution in [3.05, 3.63) is 63.8 Å². The van der Waals surface area contributed by atoms with E-state index in [1.807, 2.05) is 16.7 Å². The zero-order valence-electron chi connectivity index (χ0n) is 15.6. The first-order valence-electron chi connectivity index (χ1n) is 9.22. The van der Waals surface area contributed by atoms with Crippen molar-refractivity contribution in [1.82, 2.24) is 4.57 Å². The minimum Gasteiger partial charge on any atom is -0.487 e.